The molecule has 1 atom stereocenters. The number of ether oxygens (including phenoxy) is 1. The molecular formula is C18H17N3O3. The molecule has 6 heteroatoms. The summed E-state index contributed by atoms with van der Waals surface area (Å²) in [4.78, 5) is 29.3. The van der Waals surface area contributed by atoms with Crippen LogP contribution in [0.25, 0.3) is 10.9 Å². The minimum Gasteiger partial charge on any atom is -0.495 e. The highest BCUT2D eigenvalue weighted by Crippen LogP contribution is 2.24. The Kier molecular flexibility index (Phi) is 4.29. The van der Waals surface area contributed by atoms with Gasteiger partial charge in [0.25, 0.3) is 5.56 Å². The minimum absolute atomic E-state index is 0.247. The van der Waals surface area contributed by atoms with Gasteiger partial charge in [-0.05, 0) is 31.2 Å². The maximum atomic E-state index is 12.6. The molecule has 0 aliphatic carbocycles. The summed E-state index contributed by atoms with van der Waals surface area (Å²) in [5.74, 6) is 0.237. The van der Waals surface area contributed by atoms with Crippen LogP contribution in [0, 0.1) is 0 Å². The first-order valence-corrected chi connectivity index (χ1v) is 7.51. The molecule has 0 bridgehead atoms. The summed E-state index contributed by atoms with van der Waals surface area (Å²) in [7, 11) is 1.53. The monoisotopic (exact) mass is 323 g/mol. The maximum Gasteiger partial charge on any atom is 0.261 e. The maximum absolute atomic E-state index is 12.6. The first kappa shape index (κ1) is 15.7. The number of benzene rings is 2. The van der Waals surface area contributed by atoms with Crippen LogP contribution < -0.4 is 15.6 Å². The zero-order chi connectivity index (χ0) is 17.1. The normalized spacial score (nSPS) is 11.9. The van der Waals surface area contributed by atoms with Crippen molar-refractivity contribution in [3.05, 3.63) is 65.2 Å². The molecule has 0 saturated carbocycles. The van der Waals surface area contributed by atoms with E-state index in [-0.39, 0.29) is 11.5 Å². The van der Waals surface area contributed by atoms with E-state index in [1.807, 2.05) is 12.1 Å². The summed E-state index contributed by atoms with van der Waals surface area (Å²) >= 11 is 0. The summed E-state index contributed by atoms with van der Waals surface area (Å²) < 4.78 is 6.54. The molecule has 3 aromatic rings. The van der Waals surface area contributed by atoms with E-state index in [1.54, 1.807) is 43.3 Å². The predicted molar refractivity (Wildman–Crippen MR) is 92.3 cm³/mol. The van der Waals surface area contributed by atoms with Gasteiger partial charge in [0.1, 0.15) is 11.8 Å². The Morgan fingerprint density at radius 2 is 1.88 bits per heavy atom. The second kappa shape index (κ2) is 6.54. The number of rotatable bonds is 4. The van der Waals surface area contributed by atoms with Crippen molar-refractivity contribution in [2.24, 2.45) is 0 Å². The molecule has 0 radical (unpaired) electrons. The highest BCUT2D eigenvalue weighted by molar-refractivity contribution is 5.95. The van der Waals surface area contributed by atoms with E-state index in [4.69, 9.17) is 4.74 Å². The number of methoxy groups -OCH3 is 1. The van der Waals surface area contributed by atoms with Crippen molar-refractivity contribution < 1.29 is 9.53 Å². The van der Waals surface area contributed by atoms with Gasteiger partial charge in [0.05, 0.1) is 30.0 Å². The number of nitrogens with one attached hydrogen (secondary N) is 1. The van der Waals surface area contributed by atoms with Crippen LogP contribution in [0.4, 0.5) is 5.69 Å². The van der Waals surface area contributed by atoms with E-state index in [1.165, 1.54) is 18.0 Å². The Labute approximate surface area is 138 Å². The van der Waals surface area contributed by atoms with Gasteiger partial charge in [-0.1, -0.05) is 24.3 Å². The molecule has 0 unspecified atom stereocenters. The number of hydrogen-bond acceptors (Lipinski definition) is 4. The van der Waals surface area contributed by atoms with Crippen molar-refractivity contribution in [2.75, 3.05) is 12.4 Å². The number of hydrogen-bond donors (Lipinski definition) is 1. The van der Waals surface area contributed by atoms with Gasteiger partial charge >= 0.3 is 0 Å². The van der Waals surface area contributed by atoms with Gasteiger partial charge in [-0.2, -0.15) is 0 Å². The molecule has 0 aliphatic rings. The zero-order valence-electron chi connectivity index (χ0n) is 13.4. The first-order valence-electron chi connectivity index (χ1n) is 7.51. The molecule has 122 valence electrons. The molecule has 2 aromatic carbocycles. The van der Waals surface area contributed by atoms with Gasteiger partial charge in [0.2, 0.25) is 5.91 Å². The third kappa shape index (κ3) is 2.86. The largest absolute Gasteiger partial charge is 0.495 e. The van der Waals surface area contributed by atoms with Crippen molar-refractivity contribution in [3.8, 4) is 5.75 Å². The van der Waals surface area contributed by atoms with Crippen LogP contribution >= 0.6 is 0 Å². The Morgan fingerprint density at radius 1 is 1.17 bits per heavy atom. The number of nitrogens with zero attached hydrogens (tertiary/aromatic N) is 2. The number of amides is 1. The second-order valence-corrected chi connectivity index (χ2v) is 5.34. The van der Waals surface area contributed by atoms with Crippen molar-refractivity contribution in [1.82, 2.24) is 9.55 Å². The van der Waals surface area contributed by atoms with E-state index in [0.29, 0.717) is 22.3 Å². The molecule has 6 nitrogen and oxygen atoms in total. The van der Waals surface area contributed by atoms with Gasteiger partial charge in [0, 0.05) is 0 Å². The molecule has 1 aromatic heterocycles. The van der Waals surface area contributed by atoms with E-state index in [2.05, 4.69) is 10.3 Å². The van der Waals surface area contributed by atoms with E-state index in [0.717, 1.165) is 0 Å². The topological polar surface area (TPSA) is 73.2 Å². The third-order valence-electron chi connectivity index (χ3n) is 3.85. The number of anilines is 1. The molecule has 1 N–H and O–H groups in total. The number of para-hydroxylation sites is 3. The Hall–Kier alpha value is -3.15. The number of carbonyl (C=O) groups excluding carboxylic acids is 1. The summed E-state index contributed by atoms with van der Waals surface area (Å²) in [6, 6.07) is 13.5. The zero-order valence-corrected chi connectivity index (χ0v) is 13.4. The molecule has 3 rings (SSSR count). The van der Waals surface area contributed by atoms with Gasteiger partial charge in [-0.25, -0.2) is 4.98 Å². The number of fused-ring (bicyclic) bond motifs is 1. The third-order valence-corrected chi connectivity index (χ3v) is 3.85. The summed E-state index contributed by atoms with van der Waals surface area (Å²) in [6.07, 6.45) is 1.40. The Bertz CT molecular complexity index is 949. The lowest BCUT2D eigenvalue weighted by Crippen LogP contribution is -2.31. The van der Waals surface area contributed by atoms with Crippen molar-refractivity contribution in [3.63, 3.8) is 0 Å². The first-order chi connectivity index (χ1) is 11.6. The van der Waals surface area contributed by atoms with Crippen LogP contribution in [0.5, 0.6) is 5.75 Å². The smallest absolute Gasteiger partial charge is 0.261 e. The predicted octanol–water partition coefficient (Wildman–Crippen LogP) is 2.60. The molecule has 24 heavy (non-hydrogen) atoms. The van der Waals surface area contributed by atoms with Crippen molar-refractivity contribution in [1.29, 1.82) is 0 Å². The molecule has 1 heterocycles. The Morgan fingerprint density at radius 3 is 2.67 bits per heavy atom. The average Bonchev–Trinajstić information content (AvgIpc) is 2.62. The fraction of sp³-hybridized carbons (Fsp3) is 0.167. The van der Waals surface area contributed by atoms with Crippen LogP contribution in [-0.2, 0) is 4.79 Å². The van der Waals surface area contributed by atoms with E-state index < -0.39 is 6.04 Å². The highest BCUT2D eigenvalue weighted by atomic mass is 16.5. The number of carbonyl (C=O) groups is 1. The Balaban J connectivity index is 1.91. The van der Waals surface area contributed by atoms with Crippen LogP contribution in [-0.4, -0.2) is 22.6 Å². The average molecular weight is 323 g/mol. The van der Waals surface area contributed by atoms with Crippen LogP contribution in [0.15, 0.2) is 59.7 Å². The van der Waals surface area contributed by atoms with Gasteiger partial charge in [-0.15, -0.1) is 0 Å². The summed E-state index contributed by atoms with van der Waals surface area (Å²) in [5.41, 5.74) is 0.915. The van der Waals surface area contributed by atoms with E-state index in [9.17, 15) is 9.59 Å². The lowest BCUT2D eigenvalue weighted by Gasteiger charge is -2.16. The molecule has 0 spiro atoms. The quantitative estimate of drug-likeness (QED) is 0.801. The van der Waals surface area contributed by atoms with Gasteiger partial charge in [-0.3, -0.25) is 14.2 Å². The lowest BCUT2D eigenvalue weighted by molar-refractivity contribution is -0.118. The van der Waals surface area contributed by atoms with Crippen LogP contribution in [0.1, 0.15) is 13.0 Å². The van der Waals surface area contributed by atoms with Crippen LogP contribution in [0.3, 0.4) is 0 Å². The lowest BCUT2D eigenvalue weighted by atomic mass is 10.2. The molecule has 1 amide bonds. The highest BCUT2D eigenvalue weighted by Gasteiger charge is 2.18. The van der Waals surface area contributed by atoms with Crippen molar-refractivity contribution >= 4 is 22.5 Å². The molecule has 0 saturated heterocycles. The van der Waals surface area contributed by atoms with Gasteiger partial charge in [0.15, 0.2) is 0 Å². The standard InChI is InChI=1S/C18H17N3O3/c1-12(17(22)20-15-9-5-6-10-16(15)24-2)21-11-19-14-8-4-3-7-13(14)18(21)23/h3-12H,1-2H3,(H,20,22)/t12-/m1/s1. The summed E-state index contributed by atoms with van der Waals surface area (Å²) in [6.45, 7) is 1.66. The fourth-order valence-corrected chi connectivity index (χ4v) is 2.47. The SMILES string of the molecule is COc1ccccc1NC(=O)[C@@H](C)n1cnc2ccccc2c1=O. The van der Waals surface area contributed by atoms with E-state index >= 15 is 0 Å². The summed E-state index contributed by atoms with van der Waals surface area (Å²) in [5, 5.41) is 3.27. The van der Waals surface area contributed by atoms with Crippen LogP contribution in [0.2, 0.25) is 0 Å². The minimum atomic E-state index is -0.709. The van der Waals surface area contributed by atoms with Gasteiger partial charge < -0.3 is 10.1 Å². The second-order valence-electron chi connectivity index (χ2n) is 5.34. The molecular weight excluding hydrogens is 306 g/mol. The number of aromatic nitrogens is 2. The fourth-order valence-electron chi connectivity index (χ4n) is 2.47. The molecule has 0 fully saturated rings. The van der Waals surface area contributed by atoms with Crippen molar-refractivity contribution in [2.45, 2.75) is 13.0 Å². The molecule has 0 aliphatic heterocycles.